The van der Waals surface area contributed by atoms with E-state index in [1.54, 1.807) is 24.3 Å². The van der Waals surface area contributed by atoms with Gasteiger partial charge in [-0.1, -0.05) is 0 Å². The first-order valence-electron chi connectivity index (χ1n) is 4.84. The molecular formula is C10H12N4O2S. The number of benzene rings is 1. The van der Waals surface area contributed by atoms with Gasteiger partial charge in [-0.05, 0) is 24.3 Å². The van der Waals surface area contributed by atoms with Crippen LogP contribution in [0.2, 0.25) is 0 Å². The molecule has 0 saturated carbocycles. The van der Waals surface area contributed by atoms with Gasteiger partial charge in [-0.15, -0.1) is 0 Å². The molecule has 1 heterocycles. The maximum Gasteiger partial charge on any atom is 0.281 e. The first-order chi connectivity index (χ1) is 8.01. The van der Waals surface area contributed by atoms with Crippen molar-refractivity contribution in [2.24, 2.45) is 0 Å². The van der Waals surface area contributed by atoms with Crippen molar-refractivity contribution in [2.45, 2.75) is 5.03 Å². The smallest absolute Gasteiger partial charge is 0.281 e. The highest BCUT2D eigenvalue weighted by Gasteiger charge is 2.22. The van der Waals surface area contributed by atoms with E-state index in [4.69, 9.17) is 5.73 Å². The molecule has 0 aliphatic carbocycles. The summed E-state index contributed by atoms with van der Waals surface area (Å²) in [5.74, 6) is 0. The van der Waals surface area contributed by atoms with Crippen LogP contribution in [0.1, 0.15) is 0 Å². The van der Waals surface area contributed by atoms with Gasteiger partial charge in [0.05, 0.1) is 18.2 Å². The fourth-order valence-corrected chi connectivity index (χ4v) is 2.44. The van der Waals surface area contributed by atoms with Crippen LogP contribution in [0.25, 0.3) is 0 Å². The Hall–Kier alpha value is -2.02. The molecule has 0 aliphatic rings. The van der Waals surface area contributed by atoms with Crippen LogP contribution in [0.3, 0.4) is 0 Å². The summed E-state index contributed by atoms with van der Waals surface area (Å²) >= 11 is 0. The molecule has 6 nitrogen and oxygen atoms in total. The van der Waals surface area contributed by atoms with Crippen LogP contribution in [-0.4, -0.2) is 25.4 Å². The molecule has 1 aromatic heterocycles. The van der Waals surface area contributed by atoms with Crippen LogP contribution in [0.4, 0.5) is 11.4 Å². The predicted octanol–water partition coefficient (Wildman–Crippen LogP) is 0.817. The number of sulfonamides is 1. The number of nitrogens with zero attached hydrogens (tertiary/aromatic N) is 2. The lowest BCUT2D eigenvalue weighted by atomic mass is 10.3. The third-order valence-corrected chi connectivity index (χ3v) is 4.08. The summed E-state index contributed by atoms with van der Waals surface area (Å²) < 4.78 is 25.4. The van der Waals surface area contributed by atoms with E-state index in [2.05, 4.69) is 9.97 Å². The second kappa shape index (κ2) is 4.10. The number of nitrogens with two attached hydrogens (primary N) is 1. The van der Waals surface area contributed by atoms with E-state index in [9.17, 15) is 8.42 Å². The highest BCUT2D eigenvalue weighted by atomic mass is 32.2. The molecule has 0 fully saturated rings. The summed E-state index contributed by atoms with van der Waals surface area (Å²) in [7, 11) is -2.11. The third kappa shape index (κ3) is 2.09. The molecular weight excluding hydrogens is 240 g/mol. The molecule has 0 amide bonds. The molecule has 7 heteroatoms. The predicted molar refractivity (Wildman–Crippen MR) is 65.0 cm³/mol. The summed E-state index contributed by atoms with van der Waals surface area (Å²) in [5.41, 5.74) is 6.67. The van der Waals surface area contributed by atoms with Crippen molar-refractivity contribution in [3.8, 4) is 0 Å². The van der Waals surface area contributed by atoms with Gasteiger partial charge in [-0.2, -0.15) is 8.42 Å². The van der Waals surface area contributed by atoms with Crippen molar-refractivity contribution in [1.82, 2.24) is 9.97 Å². The molecule has 0 saturated heterocycles. The standard InChI is InChI=1S/C10H12N4O2S/c1-14(9-4-2-8(11)3-5-9)17(15,16)10-6-12-7-13-10/h2-7H,11H2,1H3,(H,12,13). The van der Waals surface area contributed by atoms with E-state index in [1.807, 2.05) is 0 Å². The number of nitrogens with one attached hydrogen (secondary N) is 1. The zero-order valence-corrected chi connectivity index (χ0v) is 9.98. The lowest BCUT2D eigenvalue weighted by Crippen LogP contribution is -2.26. The molecule has 17 heavy (non-hydrogen) atoms. The number of imidazole rings is 1. The molecule has 0 unspecified atom stereocenters. The van der Waals surface area contributed by atoms with Crippen molar-refractivity contribution in [3.05, 3.63) is 36.8 Å². The Kier molecular flexibility index (Phi) is 2.76. The number of rotatable bonds is 3. The van der Waals surface area contributed by atoms with Crippen LogP contribution < -0.4 is 10.0 Å². The second-order valence-electron chi connectivity index (χ2n) is 3.48. The second-order valence-corrected chi connectivity index (χ2v) is 5.42. The van der Waals surface area contributed by atoms with E-state index in [-0.39, 0.29) is 5.03 Å². The highest BCUT2D eigenvalue weighted by molar-refractivity contribution is 7.92. The van der Waals surface area contributed by atoms with E-state index < -0.39 is 10.0 Å². The van der Waals surface area contributed by atoms with Gasteiger partial charge in [-0.25, -0.2) is 4.98 Å². The van der Waals surface area contributed by atoms with E-state index >= 15 is 0 Å². The number of nitrogen functional groups attached to an aromatic ring is 1. The molecule has 0 radical (unpaired) electrons. The fraction of sp³-hybridized carbons (Fsp3) is 0.100. The summed E-state index contributed by atoms with van der Waals surface area (Å²) in [5, 5.41) is 0.0526. The highest BCUT2D eigenvalue weighted by Crippen LogP contribution is 2.21. The Labute approximate surface area is 99.1 Å². The summed E-state index contributed by atoms with van der Waals surface area (Å²) in [4.78, 5) is 6.27. The van der Waals surface area contributed by atoms with Crippen molar-refractivity contribution in [1.29, 1.82) is 0 Å². The van der Waals surface area contributed by atoms with Gasteiger partial charge < -0.3 is 10.7 Å². The van der Waals surface area contributed by atoms with E-state index in [0.717, 1.165) is 0 Å². The summed E-state index contributed by atoms with van der Waals surface area (Å²) in [6.45, 7) is 0. The van der Waals surface area contributed by atoms with Gasteiger partial charge in [-0.3, -0.25) is 4.31 Å². The minimum Gasteiger partial charge on any atom is -0.399 e. The van der Waals surface area contributed by atoms with Crippen LogP contribution in [0.15, 0.2) is 41.8 Å². The van der Waals surface area contributed by atoms with Gasteiger partial charge in [0.2, 0.25) is 0 Å². The van der Waals surface area contributed by atoms with Crippen LogP contribution in [-0.2, 0) is 10.0 Å². The minimum absolute atomic E-state index is 0.0526. The molecule has 90 valence electrons. The number of H-pyrrole nitrogens is 1. The topological polar surface area (TPSA) is 92.1 Å². The van der Waals surface area contributed by atoms with Crippen molar-refractivity contribution in [3.63, 3.8) is 0 Å². The van der Waals surface area contributed by atoms with Gasteiger partial charge in [0.1, 0.15) is 0 Å². The van der Waals surface area contributed by atoms with E-state index in [0.29, 0.717) is 11.4 Å². The molecule has 0 atom stereocenters. The lowest BCUT2D eigenvalue weighted by molar-refractivity contribution is 0.591. The number of aromatic amines is 1. The molecule has 1 aromatic carbocycles. The minimum atomic E-state index is -3.59. The molecule has 0 aliphatic heterocycles. The Morgan fingerprint density at radius 2 is 1.94 bits per heavy atom. The molecule has 0 bridgehead atoms. The van der Waals surface area contributed by atoms with Gasteiger partial charge >= 0.3 is 0 Å². The lowest BCUT2D eigenvalue weighted by Gasteiger charge is -2.18. The SMILES string of the molecule is CN(c1ccc(N)cc1)S(=O)(=O)c1cnc[nH]1. The number of hydrogen-bond acceptors (Lipinski definition) is 4. The zero-order valence-electron chi connectivity index (χ0n) is 9.16. The molecule has 2 rings (SSSR count). The Balaban J connectivity index is 2.38. The fourth-order valence-electron chi connectivity index (χ4n) is 1.35. The van der Waals surface area contributed by atoms with Crippen LogP contribution in [0, 0.1) is 0 Å². The van der Waals surface area contributed by atoms with Crippen LogP contribution >= 0.6 is 0 Å². The first-order valence-corrected chi connectivity index (χ1v) is 6.28. The Morgan fingerprint density at radius 1 is 1.29 bits per heavy atom. The van der Waals surface area contributed by atoms with Crippen molar-refractivity contribution >= 4 is 21.4 Å². The zero-order chi connectivity index (χ0) is 12.5. The Bertz CT molecular complexity index is 590. The monoisotopic (exact) mass is 252 g/mol. The first kappa shape index (κ1) is 11.5. The van der Waals surface area contributed by atoms with Gasteiger partial charge in [0.15, 0.2) is 5.03 Å². The van der Waals surface area contributed by atoms with Crippen molar-refractivity contribution < 1.29 is 8.42 Å². The average molecular weight is 252 g/mol. The average Bonchev–Trinajstić information content (AvgIpc) is 2.83. The Morgan fingerprint density at radius 3 is 2.47 bits per heavy atom. The largest absolute Gasteiger partial charge is 0.399 e. The van der Waals surface area contributed by atoms with Crippen LogP contribution in [0.5, 0.6) is 0 Å². The normalized spacial score (nSPS) is 11.4. The summed E-state index contributed by atoms with van der Waals surface area (Å²) in [6, 6.07) is 6.58. The third-order valence-electron chi connectivity index (χ3n) is 2.37. The molecule has 0 spiro atoms. The van der Waals surface area contributed by atoms with Gasteiger partial charge in [0, 0.05) is 12.7 Å². The van der Waals surface area contributed by atoms with Crippen molar-refractivity contribution in [2.75, 3.05) is 17.1 Å². The van der Waals surface area contributed by atoms with E-state index in [1.165, 1.54) is 23.9 Å². The number of aromatic nitrogens is 2. The molecule has 3 N–H and O–H groups in total. The number of anilines is 2. The molecule has 2 aromatic rings. The quantitative estimate of drug-likeness (QED) is 0.791. The number of hydrogen-bond donors (Lipinski definition) is 2. The van der Waals surface area contributed by atoms with Gasteiger partial charge in [0.25, 0.3) is 10.0 Å². The maximum atomic E-state index is 12.1. The summed E-state index contributed by atoms with van der Waals surface area (Å²) in [6.07, 6.45) is 2.59. The maximum absolute atomic E-state index is 12.1.